The molecule has 4 heterocycles. The molecule has 2 fully saturated rings. The first kappa shape index (κ1) is 26.0. The van der Waals surface area contributed by atoms with Crippen LogP contribution < -0.4 is 21.3 Å². The maximum atomic E-state index is 13.4. The molecule has 2 saturated heterocycles. The van der Waals surface area contributed by atoms with Crippen LogP contribution in [-0.4, -0.2) is 65.5 Å². The topological polar surface area (TPSA) is 122 Å². The normalized spacial score (nSPS) is 19.3. The van der Waals surface area contributed by atoms with E-state index < -0.39 is 5.60 Å². The molecule has 5 rings (SSSR count). The lowest BCUT2D eigenvalue weighted by atomic mass is 9.85. The predicted molar refractivity (Wildman–Crippen MR) is 145 cm³/mol. The van der Waals surface area contributed by atoms with E-state index in [0.717, 1.165) is 55.0 Å². The van der Waals surface area contributed by atoms with Crippen molar-refractivity contribution in [2.24, 2.45) is 5.92 Å². The van der Waals surface area contributed by atoms with Crippen LogP contribution in [0.4, 0.5) is 11.5 Å². The van der Waals surface area contributed by atoms with E-state index in [4.69, 9.17) is 15.3 Å². The third-order valence-corrected chi connectivity index (χ3v) is 7.63. The summed E-state index contributed by atoms with van der Waals surface area (Å²) >= 11 is 0. The summed E-state index contributed by atoms with van der Waals surface area (Å²) in [6.45, 7) is 5.38. The lowest BCUT2D eigenvalue weighted by Crippen LogP contribution is -2.52. The fourth-order valence-electron chi connectivity index (χ4n) is 5.69. The molecular weight excluding hydrogens is 484 g/mol. The highest BCUT2D eigenvalue weighted by Crippen LogP contribution is 2.41. The molecule has 0 bridgehead atoms. The lowest BCUT2D eigenvalue weighted by Gasteiger charge is -2.44. The highest BCUT2D eigenvalue weighted by molar-refractivity contribution is 5.90. The summed E-state index contributed by atoms with van der Waals surface area (Å²) in [4.78, 5) is 38.6. The van der Waals surface area contributed by atoms with Crippen molar-refractivity contribution in [2.75, 3.05) is 44.3 Å². The van der Waals surface area contributed by atoms with E-state index in [2.05, 4.69) is 26.8 Å². The molecule has 4 N–H and O–H groups in total. The van der Waals surface area contributed by atoms with E-state index >= 15 is 0 Å². The SMILES string of the molecule is CONC1=CC2(CCN(C(=O)C3CCN(Cc4ccnc(N)c4)CC3)CC2)Oc2ccc(NC(C)=O)cc21. The Morgan fingerprint density at radius 3 is 2.61 bits per heavy atom. The summed E-state index contributed by atoms with van der Waals surface area (Å²) in [6.07, 6.45) is 6.92. The van der Waals surface area contributed by atoms with Crippen molar-refractivity contribution in [3.8, 4) is 5.75 Å². The van der Waals surface area contributed by atoms with Crippen molar-refractivity contribution >= 4 is 29.0 Å². The van der Waals surface area contributed by atoms with Gasteiger partial charge in [0.15, 0.2) is 0 Å². The highest BCUT2D eigenvalue weighted by Gasteiger charge is 2.41. The second kappa shape index (κ2) is 11.0. The van der Waals surface area contributed by atoms with Crippen LogP contribution in [0.25, 0.3) is 5.70 Å². The highest BCUT2D eigenvalue weighted by atomic mass is 16.6. The van der Waals surface area contributed by atoms with Gasteiger partial charge < -0.3 is 20.7 Å². The van der Waals surface area contributed by atoms with E-state index in [1.807, 2.05) is 35.2 Å². The quantitative estimate of drug-likeness (QED) is 0.497. The van der Waals surface area contributed by atoms with Crippen LogP contribution in [0.1, 0.15) is 43.7 Å². The number of carbonyl (C=O) groups excluding carboxylic acids is 2. The number of ether oxygens (including phenoxy) is 1. The molecule has 0 aliphatic carbocycles. The molecule has 10 nitrogen and oxygen atoms in total. The number of hydrogen-bond acceptors (Lipinski definition) is 8. The number of nitrogens with two attached hydrogens (primary N) is 1. The number of piperidine rings is 2. The minimum Gasteiger partial charge on any atom is -0.482 e. The Bertz CT molecular complexity index is 1220. The van der Waals surface area contributed by atoms with Gasteiger partial charge in [-0.2, -0.15) is 0 Å². The van der Waals surface area contributed by atoms with E-state index in [1.54, 1.807) is 13.3 Å². The average Bonchev–Trinajstić information content (AvgIpc) is 2.89. The molecule has 1 aromatic carbocycles. The molecule has 0 unspecified atom stereocenters. The number of anilines is 2. The van der Waals surface area contributed by atoms with E-state index in [0.29, 0.717) is 37.4 Å². The molecule has 0 radical (unpaired) electrons. The van der Waals surface area contributed by atoms with Crippen LogP contribution in [0, 0.1) is 5.92 Å². The number of nitrogen functional groups attached to an aromatic ring is 1. The summed E-state index contributed by atoms with van der Waals surface area (Å²) in [5, 5.41) is 2.81. The van der Waals surface area contributed by atoms with Crippen LogP contribution in [0.3, 0.4) is 0 Å². The number of rotatable bonds is 6. The number of nitrogens with one attached hydrogen (secondary N) is 2. The zero-order valence-corrected chi connectivity index (χ0v) is 22.0. The standard InChI is InChI=1S/C28H36N6O4/c1-19(35)31-22-3-4-25-23(16-22)24(32-37-2)17-28(38-25)8-13-34(14-9-28)27(36)21-6-11-33(12-7-21)18-20-5-10-30-26(29)15-20/h3-5,10,15-17,21,32H,6-9,11-14,18H2,1-2H3,(H2,29,30)(H,31,35). The minimum absolute atomic E-state index is 0.0595. The summed E-state index contributed by atoms with van der Waals surface area (Å²) in [7, 11) is 1.57. The van der Waals surface area contributed by atoms with Gasteiger partial charge in [0.2, 0.25) is 11.8 Å². The Morgan fingerprint density at radius 2 is 1.92 bits per heavy atom. The number of pyridine rings is 1. The van der Waals surface area contributed by atoms with Crippen molar-refractivity contribution in [1.82, 2.24) is 20.3 Å². The van der Waals surface area contributed by atoms with Gasteiger partial charge in [-0.05, 0) is 67.9 Å². The number of hydroxylamine groups is 1. The second-order valence-electron chi connectivity index (χ2n) is 10.4. The molecule has 38 heavy (non-hydrogen) atoms. The maximum absolute atomic E-state index is 13.4. The van der Waals surface area contributed by atoms with Crippen molar-refractivity contribution in [2.45, 2.75) is 44.8 Å². The number of benzene rings is 1. The number of aromatic nitrogens is 1. The van der Waals surface area contributed by atoms with Crippen molar-refractivity contribution in [3.05, 3.63) is 53.7 Å². The Hall–Kier alpha value is -3.63. The molecule has 10 heteroatoms. The molecule has 2 amide bonds. The summed E-state index contributed by atoms with van der Waals surface area (Å²) in [6, 6.07) is 9.48. The zero-order chi connectivity index (χ0) is 26.7. The Kier molecular flexibility index (Phi) is 7.53. The number of likely N-dealkylation sites (tertiary alicyclic amines) is 2. The summed E-state index contributed by atoms with van der Waals surface area (Å²) in [5.74, 6) is 1.44. The smallest absolute Gasteiger partial charge is 0.225 e. The molecule has 3 aliphatic heterocycles. The molecule has 2 aromatic rings. The van der Waals surface area contributed by atoms with Gasteiger partial charge >= 0.3 is 0 Å². The first-order valence-electron chi connectivity index (χ1n) is 13.2. The molecular formula is C28H36N6O4. The van der Waals surface area contributed by atoms with E-state index in [-0.39, 0.29) is 17.7 Å². The van der Waals surface area contributed by atoms with Gasteiger partial charge in [-0.3, -0.25) is 24.8 Å². The third kappa shape index (κ3) is 5.76. The number of nitrogens with zero attached hydrogens (tertiary/aromatic N) is 3. The number of hydrogen-bond donors (Lipinski definition) is 3. The van der Waals surface area contributed by atoms with E-state index in [1.165, 1.54) is 6.92 Å². The first-order valence-corrected chi connectivity index (χ1v) is 13.2. The number of carbonyl (C=O) groups is 2. The minimum atomic E-state index is -0.518. The number of fused-ring (bicyclic) bond motifs is 1. The summed E-state index contributed by atoms with van der Waals surface area (Å²) < 4.78 is 6.51. The van der Waals surface area contributed by atoms with Crippen LogP contribution in [0.15, 0.2) is 42.6 Å². The first-order chi connectivity index (χ1) is 18.3. The van der Waals surface area contributed by atoms with Crippen LogP contribution in [0.5, 0.6) is 5.75 Å². The zero-order valence-electron chi connectivity index (χ0n) is 22.0. The Labute approximate surface area is 223 Å². The van der Waals surface area contributed by atoms with Gasteiger partial charge in [0.05, 0.1) is 12.8 Å². The number of amides is 2. The molecule has 1 spiro atoms. The second-order valence-corrected chi connectivity index (χ2v) is 10.4. The molecule has 0 saturated carbocycles. The molecule has 3 aliphatic rings. The maximum Gasteiger partial charge on any atom is 0.225 e. The third-order valence-electron chi connectivity index (χ3n) is 7.63. The van der Waals surface area contributed by atoms with Crippen molar-refractivity contribution in [1.29, 1.82) is 0 Å². The van der Waals surface area contributed by atoms with E-state index in [9.17, 15) is 9.59 Å². The largest absolute Gasteiger partial charge is 0.482 e. The fraction of sp³-hybridized carbons (Fsp3) is 0.464. The van der Waals surface area contributed by atoms with Crippen LogP contribution in [-0.2, 0) is 21.0 Å². The predicted octanol–water partition coefficient (Wildman–Crippen LogP) is 2.78. The van der Waals surface area contributed by atoms with Crippen molar-refractivity contribution in [3.63, 3.8) is 0 Å². The fourth-order valence-corrected chi connectivity index (χ4v) is 5.69. The monoisotopic (exact) mass is 520 g/mol. The van der Waals surface area contributed by atoms with Crippen molar-refractivity contribution < 1.29 is 19.2 Å². The van der Waals surface area contributed by atoms with Gasteiger partial charge in [0.1, 0.15) is 17.2 Å². The van der Waals surface area contributed by atoms with Crippen LogP contribution in [0.2, 0.25) is 0 Å². The van der Waals surface area contributed by atoms with Crippen LogP contribution >= 0.6 is 0 Å². The van der Waals surface area contributed by atoms with Gasteiger partial charge in [-0.1, -0.05) is 0 Å². The summed E-state index contributed by atoms with van der Waals surface area (Å²) in [5.41, 5.74) is 11.7. The molecule has 0 atom stereocenters. The van der Waals surface area contributed by atoms with Gasteiger partial charge in [-0.15, -0.1) is 0 Å². The lowest BCUT2D eigenvalue weighted by molar-refractivity contribution is -0.139. The molecule has 1 aromatic heterocycles. The molecule has 202 valence electrons. The van der Waals surface area contributed by atoms with Gasteiger partial charge in [0.25, 0.3) is 0 Å². The Morgan fingerprint density at radius 1 is 1.16 bits per heavy atom. The Balaban J connectivity index is 1.18. The average molecular weight is 521 g/mol. The van der Waals surface area contributed by atoms with Gasteiger partial charge in [0, 0.05) is 62.8 Å². The van der Waals surface area contributed by atoms with Gasteiger partial charge in [-0.25, -0.2) is 4.98 Å².